The van der Waals surface area contributed by atoms with Crippen LogP contribution in [0, 0.1) is 0 Å². The van der Waals surface area contributed by atoms with E-state index in [-0.39, 0.29) is 0 Å². The Morgan fingerprint density at radius 2 is 1.92 bits per heavy atom. The van der Waals surface area contributed by atoms with Crippen LogP contribution in [0.4, 0.5) is 5.95 Å². The van der Waals surface area contributed by atoms with Gasteiger partial charge in [0.05, 0.1) is 6.54 Å². The van der Waals surface area contributed by atoms with Crippen molar-refractivity contribution < 1.29 is 0 Å². The third-order valence-corrected chi connectivity index (χ3v) is 4.43. The summed E-state index contributed by atoms with van der Waals surface area (Å²) in [5.41, 5.74) is 6.23. The molecule has 8 nitrogen and oxygen atoms in total. The first kappa shape index (κ1) is 17.2. The Hall–Kier alpha value is -2.58. The van der Waals surface area contributed by atoms with Crippen LogP contribution in [0.3, 0.4) is 0 Å². The lowest BCUT2D eigenvalue weighted by Gasteiger charge is -2.11. The summed E-state index contributed by atoms with van der Waals surface area (Å²) in [5, 5.41) is 3.70. The van der Waals surface area contributed by atoms with Crippen LogP contribution in [0.15, 0.2) is 33.9 Å². The number of nitrogens with zero attached hydrogens (tertiary/aromatic N) is 4. The molecule has 3 aromatic rings. The molecule has 0 fully saturated rings. The van der Waals surface area contributed by atoms with E-state index < -0.39 is 11.2 Å². The summed E-state index contributed by atoms with van der Waals surface area (Å²) < 4.78 is 4.15. The van der Waals surface area contributed by atoms with Gasteiger partial charge in [0.15, 0.2) is 11.2 Å². The number of imidazole rings is 1. The number of fused-ring (bicyclic) bond motifs is 1. The van der Waals surface area contributed by atoms with Gasteiger partial charge in [0.25, 0.3) is 5.56 Å². The molecule has 2 heterocycles. The number of aryl methyl sites for hydroxylation is 1. The van der Waals surface area contributed by atoms with Gasteiger partial charge in [0.2, 0.25) is 5.95 Å². The Balaban J connectivity index is 2.29. The third-order valence-electron chi connectivity index (χ3n) is 4.06. The maximum Gasteiger partial charge on any atom is 0.332 e. The predicted molar refractivity (Wildman–Crippen MR) is 98.3 cm³/mol. The molecule has 0 saturated heterocycles. The van der Waals surface area contributed by atoms with E-state index in [1.165, 1.54) is 11.6 Å². The van der Waals surface area contributed by atoms with Crippen LogP contribution >= 0.6 is 11.6 Å². The first-order valence-electron chi connectivity index (χ1n) is 7.79. The van der Waals surface area contributed by atoms with Crippen LogP contribution in [0.5, 0.6) is 0 Å². The minimum absolute atomic E-state index is 0.319. The Kier molecular flexibility index (Phi) is 4.65. The molecule has 25 heavy (non-hydrogen) atoms. The summed E-state index contributed by atoms with van der Waals surface area (Å²) in [6, 6.07) is 7.39. The lowest BCUT2D eigenvalue weighted by atomic mass is 10.2. The SMILES string of the molecule is Cn1c(=O)c2c(nc(NCCN)n2Cc2ccccc2Cl)n(C)c1=O. The van der Waals surface area contributed by atoms with E-state index in [2.05, 4.69) is 10.3 Å². The van der Waals surface area contributed by atoms with Crippen LogP contribution in [0.1, 0.15) is 5.56 Å². The molecule has 0 saturated carbocycles. The monoisotopic (exact) mass is 362 g/mol. The summed E-state index contributed by atoms with van der Waals surface area (Å²) >= 11 is 6.26. The minimum atomic E-state index is -0.426. The second-order valence-electron chi connectivity index (χ2n) is 5.71. The molecule has 132 valence electrons. The van der Waals surface area contributed by atoms with Gasteiger partial charge in [0.1, 0.15) is 0 Å². The zero-order valence-corrected chi connectivity index (χ0v) is 14.7. The zero-order valence-electron chi connectivity index (χ0n) is 14.0. The Morgan fingerprint density at radius 3 is 2.60 bits per heavy atom. The van der Waals surface area contributed by atoms with Gasteiger partial charge in [-0.15, -0.1) is 0 Å². The van der Waals surface area contributed by atoms with Crippen LogP contribution in [-0.2, 0) is 20.6 Å². The number of anilines is 1. The van der Waals surface area contributed by atoms with E-state index >= 15 is 0 Å². The highest BCUT2D eigenvalue weighted by molar-refractivity contribution is 6.31. The highest BCUT2D eigenvalue weighted by Crippen LogP contribution is 2.21. The van der Waals surface area contributed by atoms with E-state index in [0.29, 0.717) is 41.8 Å². The molecule has 9 heteroatoms. The van der Waals surface area contributed by atoms with Crippen molar-refractivity contribution >= 4 is 28.7 Å². The third kappa shape index (κ3) is 2.94. The van der Waals surface area contributed by atoms with Crippen molar-refractivity contribution in [2.45, 2.75) is 6.54 Å². The highest BCUT2D eigenvalue weighted by atomic mass is 35.5. The topological polar surface area (TPSA) is 99.9 Å². The molecule has 0 amide bonds. The molecule has 0 atom stereocenters. The van der Waals surface area contributed by atoms with Gasteiger partial charge < -0.3 is 11.1 Å². The fraction of sp³-hybridized carbons (Fsp3) is 0.312. The fourth-order valence-electron chi connectivity index (χ4n) is 2.72. The van der Waals surface area contributed by atoms with E-state index in [1.54, 1.807) is 17.7 Å². The second-order valence-corrected chi connectivity index (χ2v) is 6.11. The predicted octanol–water partition coefficient (Wildman–Crippen LogP) is 0.506. The molecule has 3 rings (SSSR count). The molecular weight excluding hydrogens is 344 g/mol. The number of nitrogens with one attached hydrogen (secondary N) is 1. The van der Waals surface area contributed by atoms with Crippen molar-refractivity contribution in [3.05, 3.63) is 55.7 Å². The second kappa shape index (κ2) is 6.73. The van der Waals surface area contributed by atoms with Crippen molar-refractivity contribution in [1.82, 2.24) is 18.7 Å². The molecule has 0 aliphatic carbocycles. The number of aromatic nitrogens is 4. The molecule has 0 aliphatic rings. The summed E-state index contributed by atoms with van der Waals surface area (Å²) in [6.45, 7) is 1.24. The van der Waals surface area contributed by atoms with Gasteiger partial charge in [-0.2, -0.15) is 4.98 Å². The molecule has 0 bridgehead atoms. The summed E-state index contributed by atoms with van der Waals surface area (Å²) in [6.07, 6.45) is 0. The summed E-state index contributed by atoms with van der Waals surface area (Å²) in [4.78, 5) is 29.3. The number of benzene rings is 1. The molecule has 0 radical (unpaired) electrons. The van der Waals surface area contributed by atoms with Crippen molar-refractivity contribution in [2.24, 2.45) is 19.8 Å². The highest BCUT2D eigenvalue weighted by Gasteiger charge is 2.19. The quantitative estimate of drug-likeness (QED) is 0.688. The largest absolute Gasteiger partial charge is 0.354 e. The van der Waals surface area contributed by atoms with Gasteiger partial charge in [-0.3, -0.25) is 18.5 Å². The maximum absolute atomic E-state index is 12.7. The lowest BCUT2D eigenvalue weighted by molar-refractivity contribution is 0.702. The maximum atomic E-state index is 12.7. The smallest absolute Gasteiger partial charge is 0.332 e. The van der Waals surface area contributed by atoms with Crippen LogP contribution < -0.4 is 22.3 Å². The van der Waals surface area contributed by atoms with Gasteiger partial charge >= 0.3 is 5.69 Å². The Morgan fingerprint density at radius 1 is 1.20 bits per heavy atom. The average molecular weight is 363 g/mol. The van der Waals surface area contributed by atoms with Gasteiger partial charge in [-0.05, 0) is 11.6 Å². The first-order chi connectivity index (χ1) is 12.0. The number of halogens is 1. The van der Waals surface area contributed by atoms with E-state index in [0.717, 1.165) is 10.1 Å². The van der Waals surface area contributed by atoms with E-state index in [4.69, 9.17) is 17.3 Å². The van der Waals surface area contributed by atoms with E-state index in [9.17, 15) is 9.59 Å². The van der Waals surface area contributed by atoms with Gasteiger partial charge in [0, 0.05) is 32.2 Å². The molecule has 1 aromatic carbocycles. The van der Waals surface area contributed by atoms with Crippen molar-refractivity contribution in [2.75, 3.05) is 18.4 Å². The summed E-state index contributed by atoms with van der Waals surface area (Å²) in [5.74, 6) is 0.471. The van der Waals surface area contributed by atoms with Crippen molar-refractivity contribution in [3.8, 4) is 0 Å². The average Bonchev–Trinajstić information content (AvgIpc) is 2.96. The van der Waals surface area contributed by atoms with E-state index in [1.807, 2.05) is 18.2 Å². The fourth-order valence-corrected chi connectivity index (χ4v) is 2.91. The molecule has 3 N–H and O–H groups in total. The van der Waals surface area contributed by atoms with Crippen LogP contribution in [0.2, 0.25) is 5.02 Å². The van der Waals surface area contributed by atoms with Crippen molar-refractivity contribution in [1.29, 1.82) is 0 Å². The number of hydrogen-bond donors (Lipinski definition) is 2. The first-order valence-corrected chi connectivity index (χ1v) is 8.17. The molecule has 0 aliphatic heterocycles. The van der Waals surface area contributed by atoms with Gasteiger partial charge in [-0.25, -0.2) is 4.79 Å². The number of rotatable bonds is 5. The normalized spacial score (nSPS) is 11.2. The van der Waals surface area contributed by atoms with Gasteiger partial charge in [-0.1, -0.05) is 29.8 Å². The lowest BCUT2D eigenvalue weighted by Crippen LogP contribution is -2.37. The molecule has 0 unspecified atom stereocenters. The Bertz CT molecular complexity index is 1050. The molecular formula is C16H19ClN6O2. The zero-order chi connectivity index (χ0) is 18.1. The molecule has 2 aromatic heterocycles. The van der Waals surface area contributed by atoms with Crippen LogP contribution in [0.25, 0.3) is 11.2 Å². The van der Waals surface area contributed by atoms with Crippen molar-refractivity contribution in [3.63, 3.8) is 0 Å². The van der Waals surface area contributed by atoms with Crippen LogP contribution in [-0.4, -0.2) is 31.8 Å². The number of nitrogens with two attached hydrogens (primary N) is 1. The summed E-state index contributed by atoms with van der Waals surface area (Å²) in [7, 11) is 3.04. The Labute approximate surface area is 148 Å². The number of hydrogen-bond acceptors (Lipinski definition) is 5. The standard InChI is InChI=1S/C16H19ClN6O2/c1-21-13-12(14(24)22(2)16(21)25)23(15(20-13)19-8-7-18)9-10-5-3-4-6-11(10)17/h3-6H,7-9,18H2,1-2H3,(H,19,20). The minimum Gasteiger partial charge on any atom is -0.354 e. The molecule has 0 spiro atoms.